The standard InChI is InChI=1S/C23H27F3N4O3/c1-5-11-27-20(31)19(13(3)4)30-12-16-17(21(30)32)18(28-22(33)29(16)6-2)14-7-9-15(10-8-14)23(24,25)26/h5,7-10,13,18-19H,1,6,11-12H2,2-4H3,(H,27,31)(H,28,33). The van der Waals surface area contributed by atoms with E-state index in [9.17, 15) is 27.6 Å². The van der Waals surface area contributed by atoms with Crippen LogP contribution in [0.3, 0.4) is 0 Å². The van der Waals surface area contributed by atoms with Crippen molar-refractivity contribution in [3.8, 4) is 0 Å². The summed E-state index contributed by atoms with van der Waals surface area (Å²) >= 11 is 0. The Kier molecular flexibility index (Phi) is 6.85. The molecular formula is C23H27F3N4O3. The SMILES string of the molecule is C=CCNC(=O)C(C(C)C)N1CC2=C(C1=O)C(c1ccc(C(F)(F)F)cc1)NC(=O)N2CC. The van der Waals surface area contributed by atoms with Crippen molar-refractivity contribution in [1.82, 2.24) is 20.4 Å². The van der Waals surface area contributed by atoms with Crippen LogP contribution in [0.15, 0.2) is 48.2 Å². The fourth-order valence-electron chi connectivity index (χ4n) is 4.27. The Morgan fingerprint density at radius 2 is 1.91 bits per heavy atom. The van der Waals surface area contributed by atoms with Crippen LogP contribution in [0.1, 0.15) is 37.9 Å². The monoisotopic (exact) mass is 464 g/mol. The first-order valence-corrected chi connectivity index (χ1v) is 10.7. The zero-order valence-corrected chi connectivity index (χ0v) is 18.7. The second kappa shape index (κ2) is 9.29. The van der Waals surface area contributed by atoms with E-state index in [1.165, 1.54) is 28.0 Å². The van der Waals surface area contributed by atoms with Gasteiger partial charge in [-0.25, -0.2) is 4.79 Å². The molecule has 2 unspecified atom stereocenters. The molecule has 0 bridgehead atoms. The van der Waals surface area contributed by atoms with Gasteiger partial charge in [-0.15, -0.1) is 6.58 Å². The number of hydrogen-bond acceptors (Lipinski definition) is 3. The van der Waals surface area contributed by atoms with E-state index < -0.39 is 35.8 Å². The molecule has 0 spiro atoms. The van der Waals surface area contributed by atoms with Crippen molar-refractivity contribution in [2.75, 3.05) is 19.6 Å². The highest BCUT2D eigenvalue weighted by Gasteiger charge is 2.47. The van der Waals surface area contributed by atoms with Crippen LogP contribution in [-0.4, -0.2) is 53.3 Å². The van der Waals surface area contributed by atoms with Gasteiger partial charge in [0.1, 0.15) is 6.04 Å². The Hall–Kier alpha value is -3.30. The maximum Gasteiger partial charge on any atom is 0.416 e. The minimum atomic E-state index is -4.50. The number of urea groups is 1. The molecule has 0 saturated heterocycles. The molecule has 2 heterocycles. The minimum Gasteiger partial charge on any atom is -0.351 e. The summed E-state index contributed by atoms with van der Waals surface area (Å²) in [6, 6.07) is 2.20. The first-order valence-electron chi connectivity index (χ1n) is 10.7. The molecular weight excluding hydrogens is 437 g/mol. The molecule has 3 rings (SSSR count). The number of rotatable bonds is 7. The lowest BCUT2D eigenvalue weighted by Crippen LogP contribution is -2.51. The number of carbonyl (C=O) groups is 3. The van der Waals surface area contributed by atoms with Crippen LogP contribution in [-0.2, 0) is 15.8 Å². The van der Waals surface area contributed by atoms with Crippen molar-refractivity contribution in [2.24, 2.45) is 5.92 Å². The smallest absolute Gasteiger partial charge is 0.351 e. The van der Waals surface area contributed by atoms with Crippen LogP contribution >= 0.6 is 0 Å². The van der Waals surface area contributed by atoms with Gasteiger partial charge in [0.2, 0.25) is 5.91 Å². The van der Waals surface area contributed by atoms with E-state index in [2.05, 4.69) is 17.2 Å². The number of hydrogen-bond donors (Lipinski definition) is 2. The highest BCUT2D eigenvalue weighted by molar-refractivity contribution is 6.03. The lowest BCUT2D eigenvalue weighted by molar-refractivity contribution is -0.138. The summed E-state index contributed by atoms with van der Waals surface area (Å²) in [7, 11) is 0. The molecule has 2 aliphatic rings. The van der Waals surface area contributed by atoms with Crippen LogP contribution in [0.4, 0.5) is 18.0 Å². The third kappa shape index (κ3) is 4.60. The number of benzene rings is 1. The van der Waals surface area contributed by atoms with Gasteiger partial charge in [0.05, 0.1) is 29.4 Å². The number of likely N-dealkylation sites (N-methyl/N-ethyl adjacent to an activating group) is 1. The fraction of sp³-hybridized carbons (Fsp3) is 0.435. The molecule has 0 aromatic heterocycles. The van der Waals surface area contributed by atoms with Crippen LogP contribution in [0, 0.1) is 5.92 Å². The quantitative estimate of drug-likeness (QED) is 0.608. The van der Waals surface area contributed by atoms with E-state index in [0.717, 1.165) is 12.1 Å². The van der Waals surface area contributed by atoms with Gasteiger partial charge in [0, 0.05) is 13.1 Å². The molecule has 1 aromatic carbocycles. The Labute approximate surface area is 190 Å². The topological polar surface area (TPSA) is 81.8 Å². The van der Waals surface area contributed by atoms with Crippen molar-refractivity contribution < 1.29 is 27.6 Å². The van der Waals surface area contributed by atoms with E-state index >= 15 is 0 Å². The third-order valence-corrected chi connectivity index (χ3v) is 5.79. The van der Waals surface area contributed by atoms with Crippen molar-refractivity contribution in [3.05, 3.63) is 59.3 Å². The Morgan fingerprint density at radius 3 is 2.42 bits per heavy atom. The summed E-state index contributed by atoms with van der Waals surface area (Å²) in [4.78, 5) is 42.0. The van der Waals surface area contributed by atoms with E-state index in [4.69, 9.17) is 0 Å². The lowest BCUT2D eigenvalue weighted by atomic mass is 9.94. The molecule has 2 aliphatic heterocycles. The van der Waals surface area contributed by atoms with Crippen LogP contribution in [0.5, 0.6) is 0 Å². The molecule has 0 fully saturated rings. The van der Waals surface area contributed by atoms with Crippen molar-refractivity contribution >= 4 is 17.8 Å². The van der Waals surface area contributed by atoms with E-state index in [1.807, 2.05) is 13.8 Å². The van der Waals surface area contributed by atoms with Crippen LogP contribution < -0.4 is 10.6 Å². The highest BCUT2D eigenvalue weighted by Crippen LogP contribution is 2.38. The molecule has 2 N–H and O–H groups in total. The average molecular weight is 464 g/mol. The molecule has 1 aromatic rings. The van der Waals surface area contributed by atoms with Gasteiger partial charge in [-0.3, -0.25) is 14.5 Å². The van der Waals surface area contributed by atoms with E-state index in [0.29, 0.717) is 17.8 Å². The number of carbonyl (C=O) groups excluding carboxylic acids is 3. The molecule has 4 amide bonds. The Bertz CT molecular complexity index is 986. The highest BCUT2D eigenvalue weighted by atomic mass is 19.4. The second-order valence-electron chi connectivity index (χ2n) is 8.26. The zero-order chi connectivity index (χ0) is 24.5. The molecule has 10 heteroatoms. The summed E-state index contributed by atoms with van der Waals surface area (Å²) < 4.78 is 39.0. The van der Waals surface area contributed by atoms with Gasteiger partial charge in [0.25, 0.3) is 5.91 Å². The zero-order valence-electron chi connectivity index (χ0n) is 18.7. The first kappa shape index (κ1) is 24.3. The number of halogens is 3. The molecule has 178 valence electrons. The maximum absolute atomic E-state index is 13.6. The summed E-state index contributed by atoms with van der Waals surface area (Å²) in [5.74, 6) is -0.990. The van der Waals surface area contributed by atoms with E-state index in [-0.39, 0.29) is 30.5 Å². The molecule has 0 aliphatic carbocycles. The summed E-state index contributed by atoms with van der Waals surface area (Å²) in [6.07, 6.45) is -2.96. The van der Waals surface area contributed by atoms with Gasteiger partial charge in [0.15, 0.2) is 0 Å². The van der Waals surface area contributed by atoms with Gasteiger partial charge in [-0.05, 0) is 30.5 Å². The van der Waals surface area contributed by atoms with Crippen LogP contribution in [0.2, 0.25) is 0 Å². The summed E-state index contributed by atoms with van der Waals surface area (Å²) in [5, 5.41) is 5.45. The lowest BCUT2D eigenvalue weighted by Gasteiger charge is -2.33. The molecule has 7 nitrogen and oxygen atoms in total. The van der Waals surface area contributed by atoms with E-state index in [1.54, 1.807) is 6.92 Å². The minimum absolute atomic E-state index is 0.0525. The van der Waals surface area contributed by atoms with Gasteiger partial charge in [-0.1, -0.05) is 32.1 Å². The molecule has 2 atom stereocenters. The number of nitrogens with one attached hydrogen (secondary N) is 2. The first-order chi connectivity index (χ1) is 15.5. The van der Waals surface area contributed by atoms with Crippen molar-refractivity contribution in [2.45, 2.75) is 39.0 Å². The molecule has 33 heavy (non-hydrogen) atoms. The largest absolute Gasteiger partial charge is 0.416 e. The predicted octanol–water partition coefficient (Wildman–Crippen LogP) is 3.21. The number of amides is 4. The van der Waals surface area contributed by atoms with Gasteiger partial charge < -0.3 is 15.5 Å². The second-order valence-corrected chi connectivity index (χ2v) is 8.26. The Balaban J connectivity index is 2.00. The van der Waals surface area contributed by atoms with Crippen molar-refractivity contribution in [1.29, 1.82) is 0 Å². The molecule has 0 saturated carbocycles. The molecule has 0 radical (unpaired) electrons. The third-order valence-electron chi connectivity index (χ3n) is 5.79. The normalized spacial score (nSPS) is 19.5. The fourth-order valence-corrected chi connectivity index (χ4v) is 4.27. The van der Waals surface area contributed by atoms with Crippen molar-refractivity contribution in [3.63, 3.8) is 0 Å². The Morgan fingerprint density at radius 1 is 1.27 bits per heavy atom. The van der Waals surface area contributed by atoms with Gasteiger partial charge in [-0.2, -0.15) is 13.2 Å². The summed E-state index contributed by atoms with van der Waals surface area (Å²) in [6.45, 7) is 9.55. The average Bonchev–Trinajstić information content (AvgIpc) is 3.07. The number of alkyl halides is 3. The predicted molar refractivity (Wildman–Crippen MR) is 116 cm³/mol. The van der Waals surface area contributed by atoms with Gasteiger partial charge >= 0.3 is 12.2 Å². The maximum atomic E-state index is 13.6. The summed E-state index contributed by atoms with van der Waals surface area (Å²) in [5.41, 5.74) is 0.250. The van der Waals surface area contributed by atoms with Crippen LogP contribution in [0.25, 0.3) is 0 Å². The number of nitrogens with zero attached hydrogens (tertiary/aromatic N) is 2.